The molecule has 29 heavy (non-hydrogen) atoms. The van der Waals surface area contributed by atoms with Crippen LogP contribution in [0.2, 0.25) is 5.02 Å². The van der Waals surface area contributed by atoms with Crippen LogP contribution in [0.5, 0.6) is 5.75 Å². The third kappa shape index (κ3) is 7.21. The van der Waals surface area contributed by atoms with E-state index in [0.29, 0.717) is 22.8 Å². The van der Waals surface area contributed by atoms with E-state index in [4.69, 9.17) is 22.1 Å². The predicted octanol–water partition coefficient (Wildman–Crippen LogP) is 2.67. The van der Waals surface area contributed by atoms with Crippen LogP contribution in [0.3, 0.4) is 0 Å². The fourth-order valence-corrected chi connectivity index (χ4v) is 2.49. The number of allylic oxidation sites excluding steroid dienone is 1. The molecule has 0 saturated heterocycles. The van der Waals surface area contributed by atoms with E-state index in [-0.39, 0.29) is 17.9 Å². The summed E-state index contributed by atoms with van der Waals surface area (Å²) in [5.41, 5.74) is 11.0. The second-order valence-corrected chi connectivity index (χ2v) is 7.02. The molecule has 1 aromatic heterocycles. The lowest BCUT2D eigenvalue weighted by Gasteiger charge is -2.20. The van der Waals surface area contributed by atoms with E-state index in [9.17, 15) is 9.59 Å². The fraction of sp³-hybridized carbons (Fsp3) is 0.286. The van der Waals surface area contributed by atoms with E-state index in [1.54, 1.807) is 39.0 Å². The number of ether oxygens (including phenoxy) is 1. The molecule has 0 radical (unpaired) electrons. The monoisotopic (exact) mass is 418 g/mol. The van der Waals surface area contributed by atoms with Crippen LogP contribution in [0.1, 0.15) is 32.0 Å². The molecule has 8 heteroatoms. The first-order valence-electron chi connectivity index (χ1n) is 8.89. The van der Waals surface area contributed by atoms with Crippen molar-refractivity contribution in [2.45, 2.75) is 32.9 Å². The number of hydrogen-bond donors (Lipinski definition) is 3. The minimum absolute atomic E-state index is 0.188. The number of benzene rings is 1. The van der Waals surface area contributed by atoms with Gasteiger partial charge in [-0.25, -0.2) is 0 Å². The molecule has 5 N–H and O–H groups in total. The molecule has 2 aromatic rings. The maximum atomic E-state index is 12.6. The minimum Gasteiger partial charge on any atom is -0.489 e. The number of carbonyl (C=O) groups excluding carboxylic acids is 2. The number of pyridine rings is 1. The maximum Gasteiger partial charge on any atom is 0.255 e. The Morgan fingerprint density at radius 2 is 1.93 bits per heavy atom. The number of nitrogens with one attached hydrogen (secondary N) is 1. The van der Waals surface area contributed by atoms with Crippen molar-refractivity contribution in [3.8, 4) is 5.75 Å². The summed E-state index contributed by atoms with van der Waals surface area (Å²) >= 11 is 6.13. The van der Waals surface area contributed by atoms with Gasteiger partial charge in [0.2, 0.25) is 0 Å². The molecule has 0 saturated carbocycles. The number of carbonyl (C=O) groups is 2. The highest BCUT2D eigenvalue weighted by molar-refractivity contribution is 6.31. The van der Waals surface area contributed by atoms with Crippen molar-refractivity contribution in [2.75, 3.05) is 7.05 Å². The zero-order chi connectivity index (χ0) is 22.0. The fourth-order valence-electron chi connectivity index (χ4n) is 2.30. The number of aromatic nitrogens is 1. The van der Waals surface area contributed by atoms with Gasteiger partial charge in [0.25, 0.3) is 5.91 Å². The average Bonchev–Trinajstić information content (AvgIpc) is 2.69. The molecule has 0 aliphatic rings. The second-order valence-electron chi connectivity index (χ2n) is 6.61. The molecule has 0 atom stereocenters. The zero-order valence-corrected chi connectivity index (χ0v) is 17.8. The Balaban J connectivity index is 0.00000204. The van der Waals surface area contributed by atoms with Crippen molar-refractivity contribution in [3.05, 3.63) is 64.6 Å². The number of nitrogens with zero attached hydrogens (tertiary/aromatic N) is 1. The van der Waals surface area contributed by atoms with Crippen LogP contribution in [-0.2, 0) is 16.2 Å². The van der Waals surface area contributed by atoms with E-state index in [0.717, 1.165) is 5.56 Å². The first-order chi connectivity index (χ1) is 13.7. The third-order valence-corrected chi connectivity index (χ3v) is 4.06. The third-order valence-electron chi connectivity index (χ3n) is 3.69. The standard InChI is InChI=1S/C20H22ClN3O3.CH5N/c1-13(22)18(19(26)24-20(2,3)12-25)17-10-15(8-9-23-17)27-11-14-6-4-5-7-16(14)21;1-2/h4-10,12H,11,22H2,1-3H3,(H,24,26);2H2,1H3/b18-13+;. The molecule has 0 aliphatic heterocycles. The van der Waals surface area contributed by atoms with Gasteiger partial charge >= 0.3 is 0 Å². The number of aldehydes is 1. The molecule has 2 rings (SSSR count). The molecule has 1 aromatic carbocycles. The van der Waals surface area contributed by atoms with Gasteiger partial charge in [0, 0.05) is 28.5 Å². The van der Waals surface area contributed by atoms with Crippen molar-refractivity contribution in [1.29, 1.82) is 0 Å². The van der Waals surface area contributed by atoms with Gasteiger partial charge in [-0.2, -0.15) is 0 Å². The topological polar surface area (TPSA) is 120 Å². The van der Waals surface area contributed by atoms with Crippen LogP contribution in [-0.4, -0.2) is 29.8 Å². The molecule has 0 aliphatic carbocycles. The SMILES string of the molecule is C/C(N)=C(\C(=O)NC(C)(C)C=O)c1cc(OCc2ccccc2Cl)ccn1.CN. The van der Waals surface area contributed by atoms with Crippen LogP contribution < -0.4 is 21.5 Å². The zero-order valence-electron chi connectivity index (χ0n) is 17.0. The summed E-state index contributed by atoms with van der Waals surface area (Å²) in [5, 5.41) is 3.24. The Labute approximate surface area is 176 Å². The van der Waals surface area contributed by atoms with E-state index >= 15 is 0 Å². The van der Waals surface area contributed by atoms with Gasteiger partial charge in [0.05, 0.1) is 16.8 Å². The number of nitrogens with two attached hydrogens (primary N) is 2. The van der Waals surface area contributed by atoms with E-state index in [2.05, 4.69) is 16.0 Å². The molecular formula is C21H27ClN4O3. The Bertz CT molecular complexity index is 878. The predicted molar refractivity (Wildman–Crippen MR) is 115 cm³/mol. The van der Waals surface area contributed by atoms with Gasteiger partial charge in [-0.1, -0.05) is 29.8 Å². The highest BCUT2D eigenvalue weighted by atomic mass is 35.5. The van der Waals surface area contributed by atoms with Crippen molar-refractivity contribution < 1.29 is 14.3 Å². The maximum absolute atomic E-state index is 12.6. The number of rotatable bonds is 7. The first kappa shape index (κ1) is 24.1. The van der Waals surface area contributed by atoms with Crippen molar-refractivity contribution in [3.63, 3.8) is 0 Å². The second kappa shape index (κ2) is 11.2. The summed E-state index contributed by atoms with van der Waals surface area (Å²) in [4.78, 5) is 27.9. The summed E-state index contributed by atoms with van der Waals surface area (Å²) in [7, 11) is 1.50. The van der Waals surface area contributed by atoms with Crippen LogP contribution in [0.4, 0.5) is 0 Å². The molecule has 0 fully saturated rings. The molecule has 0 unspecified atom stereocenters. The van der Waals surface area contributed by atoms with Gasteiger partial charge in [-0.3, -0.25) is 9.78 Å². The van der Waals surface area contributed by atoms with Crippen molar-refractivity contribution in [1.82, 2.24) is 10.3 Å². The largest absolute Gasteiger partial charge is 0.489 e. The van der Waals surface area contributed by atoms with Crippen LogP contribution in [0.15, 0.2) is 48.3 Å². The molecule has 1 amide bonds. The van der Waals surface area contributed by atoms with Gasteiger partial charge in [0.1, 0.15) is 18.6 Å². The summed E-state index contributed by atoms with van der Waals surface area (Å²) in [5.74, 6) is 0.0315. The Hall–Kier alpha value is -2.90. The molecule has 0 bridgehead atoms. The Kier molecular flexibility index (Phi) is 9.31. The lowest BCUT2D eigenvalue weighted by molar-refractivity contribution is -0.121. The highest BCUT2D eigenvalue weighted by Gasteiger charge is 2.24. The summed E-state index contributed by atoms with van der Waals surface area (Å²) in [6.07, 6.45) is 2.18. The lowest BCUT2D eigenvalue weighted by Crippen LogP contribution is -2.45. The van der Waals surface area contributed by atoms with Crippen LogP contribution in [0.25, 0.3) is 5.57 Å². The van der Waals surface area contributed by atoms with Crippen LogP contribution >= 0.6 is 11.6 Å². The van der Waals surface area contributed by atoms with E-state index in [1.165, 1.54) is 13.2 Å². The van der Waals surface area contributed by atoms with Crippen molar-refractivity contribution in [2.24, 2.45) is 11.5 Å². The summed E-state index contributed by atoms with van der Waals surface area (Å²) in [6, 6.07) is 10.7. The lowest BCUT2D eigenvalue weighted by atomic mass is 10.0. The van der Waals surface area contributed by atoms with Crippen LogP contribution in [0, 0.1) is 0 Å². The van der Waals surface area contributed by atoms with Gasteiger partial charge in [-0.15, -0.1) is 0 Å². The minimum atomic E-state index is -1.02. The first-order valence-corrected chi connectivity index (χ1v) is 9.27. The normalized spacial score (nSPS) is 11.5. The Morgan fingerprint density at radius 1 is 1.28 bits per heavy atom. The average molecular weight is 419 g/mol. The molecule has 1 heterocycles. The van der Waals surface area contributed by atoms with E-state index < -0.39 is 11.4 Å². The molecular weight excluding hydrogens is 392 g/mol. The molecule has 0 spiro atoms. The summed E-state index contributed by atoms with van der Waals surface area (Å²) < 4.78 is 5.77. The van der Waals surface area contributed by atoms with Gasteiger partial charge in [0.15, 0.2) is 0 Å². The number of halogens is 1. The highest BCUT2D eigenvalue weighted by Crippen LogP contribution is 2.22. The van der Waals surface area contributed by atoms with Gasteiger partial charge < -0.3 is 26.3 Å². The smallest absolute Gasteiger partial charge is 0.255 e. The quantitative estimate of drug-likeness (QED) is 0.469. The Morgan fingerprint density at radius 3 is 2.52 bits per heavy atom. The van der Waals surface area contributed by atoms with E-state index in [1.807, 2.05) is 18.2 Å². The molecule has 156 valence electrons. The number of hydrogen-bond acceptors (Lipinski definition) is 6. The van der Waals surface area contributed by atoms with Crippen molar-refractivity contribution >= 4 is 29.4 Å². The number of amides is 1. The summed E-state index contributed by atoms with van der Waals surface area (Å²) in [6.45, 7) is 5.06. The molecule has 7 nitrogen and oxygen atoms in total. The van der Waals surface area contributed by atoms with Gasteiger partial charge in [-0.05, 0) is 40.0 Å².